The van der Waals surface area contributed by atoms with Crippen molar-refractivity contribution in [3.63, 3.8) is 0 Å². The van der Waals surface area contributed by atoms with E-state index in [0.717, 1.165) is 24.6 Å². The molecule has 1 aliphatic heterocycles. The average Bonchev–Trinajstić information content (AvgIpc) is 0.667. The third kappa shape index (κ3) is 25.0. The SMILES string of the molecule is CC(=O)O[C@H]1C(=O)[C@]2(C)[C@@H](OC(=O)CCC(=O)OCCOC(=O)CCOCOCCOCCOCCOCCOCCOCCOCCSSc3ccccn3)C[C@H]3OC[C@@]3(OC(C)=O)[C@H]2[C@H](OC(=O)c2ccccc2)[C@]2(O)C[C@H](OC(=O)[C@H](O[Si](C)(C)C(C)(C)C)[C@@H](NC(=O)c3ccccc3)c3ccccc3)C(C)=C1C2(C)C. The number of nitrogens with one attached hydrogen (secondary N) is 1. The van der Waals surface area contributed by atoms with Gasteiger partial charge in [-0.15, -0.1) is 0 Å². The zero-order chi connectivity index (χ0) is 82.5. The Balaban J connectivity index is 0.848. The van der Waals surface area contributed by atoms with Crippen molar-refractivity contribution in [3.8, 4) is 0 Å². The highest BCUT2D eigenvalue weighted by Gasteiger charge is 2.79. The lowest BCUT2D eigenvalue weighted by Gasteiger charge is -2.67. The number of aliphatic hydroxyl groups is 1. The van der Waals surface area contributed by atoms with Gasteiger partial charge in [-0.1, -0.05) is 118 Å². The number of aromatic nitrogens is 1. The number of fused-ring (bicyclic) bond motifs is 5. The fourth-order valence-electron chi connectivity index (χ4n) is 14.0. The molecule has 32 heteroatoms. The van der Waals surface area contributed by atoms with Crippen LogP contribution in [0.1, 0.15) is 127 Å². The first-order valence-corrected chi connectivity index (χ1v) is 43.5. The lowest BCUT2D eigenvalue weighted by atomic mass is 9.44. The summed E-state index contributed by atoms with van der Waals surface area (Å²) in [5.41, 5.74) is -7.80. The van der Waals surface area contributed by atoms with Crippen LogP contribution in [-0.2, 0) is 114 Å². The molecule has 3 aliphatic carbocycles. The van der Waals surface area contributed by atoms with Gasteiger partial charge in [-0.3, -0.25) is 33.6 Å². The van der Waals surface area contributed by atoms with Crippen LogP contribution in [0.15, 0.2) is 132 Å². The molecule has 3 fully saturated rings. The summed E-state index contributed by atoms with van der Waals surface area (Å²) in [6, 6.07) is 29.5. The van der Waals surface area contributed by atoms with Crippen molar-refractivity contribution in [1.82, 2.24) is 10.3 Å². The van der Waals surface area contributed by atoms with E-state index in [2.05, 4.69) is 10.3 Å². The summed E-state index contributed by atoms with van der Waals surface area (Å²) in [6.07, 6.45) is -10.5. The second-order valence-corrected chi connectivity index (χ2v) is 37.2. The number of ketones is 1. The lowest BCUT2D eigenvalue weighted by Crippen LogP contribution is -2.82. The number of pyridine rings is 1. The minimum Gasteiger partial charge on any atom is -0.462 e. The number of hydrogen-bond donors (Lipinski definition) is 2. The maximum Gasteiger partial charge on any atom is 0.338 e. The number of carbonyl (C=O) groups excluding carboxylic acids is 9. The van der Waals surface area contributed by atoms with Gasteiger partial charge in [-0.2, -0.15) is 0 Å². The average molecular weight is 1650 g/mol. The molecule has 626 valence electrons. The Morgan fingerprint density at radius 3 is 1.68 bits per heavy atom. The first-order valence-electron chi connectivity index (χ1n) is 38.3. The Hall–Kier alpha value is -7.54. The highest BCUT2D eigenvalue weighted by Crippen LogP contribution is 2.65. The summed E-state index contributed by atoms with van der Waals surface area (Å²) < 4.78 is 99.9. The van der Waals surface area contributed by atoms with Crippen molar-refractivity contribution in [3.05, 3.63) is 143 Å². The van der Waals surface area contributed by atoms with Gasteiger partial charge in [0.15, 0.2) is 31.9 Å². The van der Waals surface area contributed by atoms with Gasteiger partial charge >= 0.3 is 41.8 Å². The zero-order valence-electron chi connectivity index (χ0n) is 66.9. The molecule has 0 unspecified atom stereocenters. The molecule has 4 aliphatic rings. The molecule has 4 aromatic rings. The van der Waals surface area contributed by atoms with Gasteiger partial charge in [0.25, 0.3) is 5.91 Å². The summed E-state index contributed by atoms with van der Waals surface area (Å²) in [7, 11) is 0.273. The first-order chi connectivity index (χ1) is 54.4. The Morgan fingerprint density at radius 2 is 1.15 bits per heavy atom. The number of carbonyl (C=O) groups is 9. The molecule has 8 rings (SSSR count). The highest BCUT2D eigenvalue weighted by atomic mass is 33.1. The van der Waals surface area contributed by atoms with E-state index in [1.165, 1.54) is 19.1 Å². The molecule has 2 bridgehead atoms. The minimum absolute atomic E-state index is 0.00312. The molecule has 0 radical (unpaired) electrons. The molecular weight excluding hydrogens is 1540 g/mol. The van der Waals surface area contributed by atoms with Crippen LogP contribution >= 0.6 is 21.6 Å². The van der Waals surface area contributed by atoms with Crippen LogP contribution < -0.4 is 5.32 Å². The van der Waals surface area contributed by atoms with Crippen molar-refractivity contribution < 1.29 is 128 Å². The van der Waals surface area contributed by atoms with E-state index in [0.29, 0.717) is 78.2 Å². The number of hydrogen-bond acceptors (Lipinski definition) is 30. The monoisotopic (exact) mass is 1650 g/mol. The second kappa shape index (κ2) is 44.1. The molecular formula is C82H110N2O27S2Si. The van der Waals surface area contributed by atoms with E-state index in [-0.39, 0.29) is 74.9 Å². The van der Waals surface area contributed by atoms with E-state index in [1.54, 1.807) is 127 Å². The molecule has 114 heavy (non-hydrogen) atoms. The number of Topliss-reactive ketones (excluding diaryl/α,β-unsaturated/α-hetero) is 1. The smallest absolute Gasteiger partial charge is 0.338 e. The topological polar surface area (TPSA) is 356 Å². The first kappa shape index (κ1) is 92.0. The Labute approximate surface area is 675 Å². The standard InChI is InChI=1S/C82H110N2O27S2Si/c1-55-61(107-77(93)71(111-114(10,11)78(4,5)6)69(58-23-15-12-16-24-58)84-75(91)59-25-17-13-18-26-59)52-82(94)74(109-76(92)60-27-19-14-20-28-60)72-80(9,73(90)70(106-56(2)85)68(55)79(82,7)8)62(51-63-81(72,53-105-63)110-57(3)86)108-67(89)31-30-65(87)103-47-48-104-66(88)32-34-101-54-102-46-45-99-42-41-97-38-37-95-35-36-96-39-40-98-43-44-100-49-50-112-113-64-29-21-22-33-83-64/h12-29,33,61-63,69-72,74,94H,30-32,34-54H2,1-11H3,(H,84,91)/t61-,62-,63+,69-,70+,71+,72-,74-,80+,81-,82+/m0/s1. The summed E-state index contributed by atoms with van der Waals surface area (Å²) in [5, 5.41) is 18.0. The van der Waals surface area contributed by atoms with Gasteiger partial charge in [0.1, 0.15) is 55.0 Å². The number of benzene rings is 3. The van der Waals surface area contributed by atoms with Crippen LogP contribution in [0.3, 0.4) is 0 Å². The molecule has 11 atom stereocenters. The summed E-state index contributed by atoms with van der Waals surface area (Å²) >= 11 is 0. The van der Waals surface area contributed by atoms with E-state index in [4.69, 9.17) is 80.2 Å². The number of amides is 1. The fourth-order valence-corrected chi connectivity index (χ4v) is 17.0. The maximum atomic E-state index is 16.7. The highest BCUT2D eigenvalue weighted by molar-refractivity contribution is 8.76. The van der Waals surface area contributed by atoms with Crippen LogP contribution in [0.2, 0.25) is 18.1 Å². The quantitative estimate of drug-likeness (QED) is 0.00790. The molecule has 2 heterocycles. The van der Waals surface area contributed by atoms with E-state index in [1.807, 2.05) is 52.1 Å². The Morgan fingerprint density at radius 1 is 0.623 bits per heavy atom. The Kier molecular flexibility index (Phi) is 35.6. The number of ether oxygens (including phenoxy) is 16. The van der Waals surface area contributed by atoms with Crippen molar-refractivity contribution in [2.45, 2.75) is 171 Å². The normalized spacial score (nSPS) is 22.9. The molecule has 0 spiro atoms. The van der Waals surface area contributed by atoms with Crippen molar-refractivity contribution in [1.29, 1.82) is 0 Å². The number of nitrogens with zero attached hydrogens (tertiary/aromatic N) is 1. The molecule has 2 N–H and O–H groups in total. The molecule has 2 saturated carbocycles. The van der Waals surface area contributed by atoms with Crippen LogP contribution in [0, 0.1) is 16.7 Å². The summed E-state index contributed by atoms with van der Waals surface area (Å²) in [6.45, 7) is 22.2. The van der Waals surface area contributed by atoms with E-state index in [9.17, 15) is 33.9 Å². The molecule has 1 amide bonds. The van der Waals surface area contributed by atoms with Crippen LogP contribution in [-0.4, -0.2) is 245 Å². The molecule has 1 saturated heterocycles. The molecule has 29 nitrogen and oxygen atoms in total. The van der Waals surface area contributed by atoms with Crippen LogP contribution in [0.4, 0.5) is 0 Å². The Bertz CT molecular complexity index is 3820. The molecule has 3 aromatic carbocycles. The van der Waals surface area contributed by atoms with E-state index >= 15 is 14.4 Å². The van der Waals surface area contributed by atoms with Gasteiger partial charge in [-0.05, 0) is 95.9 Å². The van der Waals surface area contributed by atoms with Gasteiger partial charge in [0, 0.05) is 49.6 Å². The summed E-state index contributed by atoms with van der Waals surface area (Å²) in [5.74, 6) is -8.82. The van der Waals surface area contributed by atoms with Crippen molar-refractivity contribution >= 4 is 83.4 Å². The predicted molar refractivity (Wildman–Crippen MR) is 418 cm³/mol. The maximum absolute atomic E-state index is 16.7. The zero-order valence-corrected chi connectivity index (χ0v) is 69.5. The largest absolute Gasteiger partial charge is 0.462 e. The molecule has 1 aromatic heterocycles. The van der Waals surface area contributed by atoms with Crippen LogP contribution in [0.5, 0.6) is 0 Å². The van der Waals surface area contributed by atoms with Crippen LogP contribution in [0.25, 0.3) is 0 Å². The fraction of sp³-hybridized carbons (Fsp3) is 0.585. The van der Waals surface area contributed by atoms with Gasteiger partial charge in [0.05, 0.1) is 141 Å². The van der Waals surface area contributed by atoms with Crippen molar-refractivity contribution in [2.24, 2.45) is 16.7 Å². The lowest BCUT2D eigenvalue weighted by molar-refractivity contribution is -0.346. The van der Waals surface area contributed by atoms with Gasteiger partial charge in [0.2, 0.25) is 0 Å². The van der Waals surface area contributed by atoms with Crippen molar-refractivity contribution in [2.75, 3.05) is 125 Å². The van der Waals surface area contributed by atoms with Gasteiger partial charge < -0.3 is 90.6 Å². The second-order valence-electron chi connectivity index (χ2n) is 30.0. The predicted octanol–water partition coefficient (Wildman–Crippen LogP) is 9.50. The third-order valence-corrected chi connectivity index (χ3v) is 27.7. The third-order valence-electron chi connectivity index (χ3n) is 21.0. The number of rotatable bonds is 47. The number of esters is 7. The van der Waals surface area contributed by atoms with Gasteiger partial charge in [-0.25, -0.2) is 14.6 Å². The van der Waals surface area contributed by atoms with E-state index < -0.39 is 163 Å². The summed E-state index contributed by atoms with van der Waals surface area (Å²) in [4.78, 5) is 134. The minimum atomic E-state index is -3.05.